The van der Waals surface area contributed by atoms with Crippen molar-refractivity contribution in [1.82, 2.24) is 0 Å². The predicted octanol–water partition coefficient (Wildman–Crippen LogP) is 1.60. The molecule has 0 aliphatic heterocycles. The second kappa shape index (κ2) is 544. The number of ether oxygens (including phenoxy) is 1. The minimum absolute atomic E-state index is 0. The van der Waals surface area contributed by atoms with E-state index >= 15 is 0 Å². The van der Waals surface area contributed by atoms with Crippen LogP contribution in [0.3, 0.4) is 0 Å². The SMILES string of the molecule is CC(C)(C)OC(=O)P.[Y].[Y].[Y].[Y].[Y].[Y].[Y].[Y].[Y].[Y].[Y].[Y].[Y].[Y].[Y].[Y].[Y].[Y].[Y].[Y].[Y].[Y].[Y].[Y].[Y].[Y].[Y].[Y].[Y].[Y].[Y].[Y].[Y].[Y].[Y].[Y].[Y].[Y].[Y].[Y].[Y].[Y].[Y].[Y].[Y].[Y].[Y].[Y].[Y].[Y].[Y].[Y].[Y].[Y].[Y].[Y].[Y].[Y].[Y].[Y].[Y].[Y].[Y].[Y].[Y].[Y].[Y].[Y].[Y].[Y].[Y].[Y].[Y].[Y].[Y].[Y].[Y].[Y].[Y]. The van der Waals surface area contributed by atoms with E-state index in [-0.39, 0.29) is 2600 Å². The molecule has 2 nitrogen and oxygen atoms in total. The molecular formula is C5H11O2PY79. The van der Waals surface area contributed by atoms with E-state index in [2.05, 4.69) is 0 Å². The van der Waals surface area contributed by atoms with Crippen LogP contribution in [0.25, 0.3) is 0 Å². The van der Waals surface area contributed by atoms with Gasteiger partial charge < -0.3 is 4.74 Å². The third kappa shape index (κ3) is 597. The van der Waals surface area contributed by atoms with Crippen molar-refractivity contribution in [3.05, 3.63) is 0 Å². The maximum atomic E-state index is 10.2. The summed E-state index contributed by atoms with van der Waals surface area (Å²) in [5, 5.41) is 0. The van der Waals surface area contributed by atoms with E-state index in [9.17, 15) is 4.79 Å². The molecule has 0 amide bonds. The Morgan fingerprint density at radius 3 is 0.184 bits per heavy atom. The zero-order valence-corrected chi connectivity index (χ0v) is 276. The van der Waals surface area contributed by atoms with Crippen LogP contribution in [0.15, 0.2) is 0 Å². The summed E-state index contributed by atoms with van der Waals surface area (Å²) in [6, 6.07) is 0. The van der Waals surface area contributed by atoms with Crippen molar-refractivity contribution in [3.63, 3.8) is 0 Å². The Kier molecular flexibility index (Phi) is 3680. The molecule has 82 heteroatoms. The molecule has 0 bridgehead atoms. The molecule has 0 heterocycles. The molecular weight excluding hydrogens is 7150 g/mol. The van der Waals surface area contributed by atoms with Gasteiger partial charge in [0.15, 0.2) is 0 Å². The Labute approximate surface area is 2530 Å². The summed E-state index contributed by atoms with van der Waals surface area (Å²) in [5.41, 5.74) is -0.656. The van der Waals surface area contributed by atoms with Crippen molar-refractivity contribution in [2.75, 3.05) is 0 Å². The van der Waals surface area contributed by atoms with Gasteiger partial charge >= 0.3 is 5.71 Å². The zero-order valence-electron chi connectivity index (χ0n) is 51.0. The molecule has 0 saturated heterocycles. The fraction of sp³-hybridized carbons (Fsp3) is 0.800. The van der Waals surface area contributed by atoms with E-state index in [1.54, 1.807) is 0 Å². The van der Waals surface area contributed by atoms with Crippen LogP contribution in [-0.4, -0.2) is 11.3 Å². The molecule has 79 radical (unpaired) electrons. The molecule has 0 spiro atoms. The summed E-state index contributed by atoms with van der Waals surface area (Å²) < 4.78 is 4.76. The Morgan fingerprint density at radius 1 is 0.149 bits per heavy atom. The quantitative estimate of drug-likeness (QED) is 0.346. The average molecular weight is 7160 g/mol. The van der Waals surface area contributed by atoms with Gasteiger partial charge in [-0.2, -0.15) is 0 Å². The van der Waals surface area contributed by atoms with Crippen LogP contribution in [0.2, 0.25) is 0 Å². The van der Waals surface area contributed by atoms with E-state index in [0.717, 1.165) is 0 Å². The summed E-state index contributed by atoms with van der Waals surface area (Å²) in [5.74, 6) is 0. The van der Waals surface area contributed by atoms with Crippen molar-refractivity contribution in [3.8, 4) is 0 Å². The summed E-state index contributed by atoms with van der Waals surface area (Å²) >= 11 is 0. The molecule has 0 rings (SSSR count). The second-order valence-corrected chi connectivity index (χ2v) is 3.00. The van der Waals surface area contributed by atoms with Crippen LogP contribution in [0.4, 0.5) is 4.79 Å². The zero-order chi connectivity index (χ0) is 6.78. The van der Waals surface area contributed by atoms with E-state index in [1.165, 1.54) is 0 Å². The van der Waals surface area contributed by atoms with Crippen molar-refractivity contribution >= 4 is 15.0 Å². The van der Waals surface area contributed by atoms with E-state index in [0.29, 0.717) is 0 Å². The van der Waals surface area contributed by atoms with Gasteiger partial charge in [-0.05, 0) is 30.0 Å². The first-order chi connectivity index (χ1) is 3.42. The monoisotopic (exact) mass is 7160 g/mol. The van der Waals surface area contributed by atoms with Crippen LogP contribution in [0.1, 0.15) is 20.8 Å². The second-order valence-electron chi connectivity index (χ2n) is 2.53. The fourth-order valence-corrected chi connectivity index (χ4v) is 0.655. The van der Waals surface area contributed by atoms with Gasteiger partial charge in [-0.3, -0.25) is 0 Å². The molecule has 1 atom stereocenters. The molecule has 0 aliphatic rings. The minimum atomic E-state index is -0.348. The van der Waals surface area contributed by atoms with Crippen molar-refractivity contribution in [1.29, 1.82) is 0 Å². The summed E-state index contributed by atoms with van der Waals surface area (Å²) in [6.07, 6.45) is 0. The van der Waals surface area contributed by atoms with E-state index in [1.807, 2.05) is 30.0 Å². The van der Waals surface area contributed by atoms with Gasteiger partial charge in [0.05, 0.1) is 0 Å². The first kappa shape index (κ1) is 589. The first-order valence-corrected chi connectivity index (χ1v) is 2.98. The third-order valence-electron chi connectivity index (χ3n) is 0.407. The van der Waals surface area contributed by atoms with Gasteiger partial charge in [-0.25, -0.2) is 4.79 Å². The Balaban J connectivity index is -0.0000000000795. The largest absolute Gasteiger partial charge is 0.457 e. The van der Waals surface area contributed by atoms with Crippen LogP contribution < -0.4 is 0 Å². The Morgan fingerprint density at radius 2 is 0.184 bits per heavy atom. The summed E-state index contributed by atoms with van der Waals surface area (Å²) in [4.78, 5) is 10.2. The molecule has 1 unspecified atom stereocenters. The molecule has 0 N–H and O–H groups in total. The van der Waals surface area contributed by atoms with Gasteiger partial charge in [0, 0.05) is 2580 Å². The van der Waals surface area contributed by atoms with E-state index in [4.69, 9.17) is 4.74 Å². The van der Waals surface area contributed by atoms with Crippen LogP contribution in [-0.2, 0) is 2590 Å². The summed E-state index contributed by atoms with van der Waals surface area (Å²) in [6.45, 7) is 5.48. The van der Waals surface area contributed by atoms with Gasteiger partial charge in [0.1, 0.15) is 5.60 Å². The smallest absolute Gasteiger partial charge is 0.320 e. The van der Waals surface area contributed by atoms with Crippen LogP contribution in [0.5, 0.6) is 0 Å². The van der Waals surface area contributed by atoms with Crippen molar-refractivity contribution in [2.45, 2.75) is 26.4 Å². The van der Waals surface area contributed by atoms with Gasteiger partial charge in [-0.1, -0.05) is 0 Å². The normalized spacial score (nSPS) is 1.01. The third-order valence-corrected chi connectivity index (χ3v) is 0.525. The minimum Gasteiger partial charge on any atom is -0.457 e. The van der Waals surface area contributed by atoms with Crippen molar-refractivity contribution < 1.29 is 2590 Å². The fourth-order valence-electron chi connectivity index (χ4n) is 0.302. The Bertz CT molecular complexity index is 132. The molecule has 0 aromatic heterocycles. The van der Waals surface area contributed by atoms with Crippen LogP contribution in [0, 0.1) is 0 Å². The standard InChI is InChI=1S/C5H11O2P.79Y/c1-5(2,3)7-4(6)8;;;;;;;;;;;;;;;;;;;;;;;;;;;;;;;;;;;;;;;;;;;;;;;;;;;;;;;;;;;;;;;;;;;;;;;;;;;;;;;/h8H2,1-3H3;;;;;;;;;;;;;;;;;;;;;;;;;;;;;;;;;;;;;;;;;;;;;;;;;;;;;;;;;;;;;;;;;;;;;;;;;;;;;;;. The topological polar surface area (TPSA) is 26.3 Å². The van der Waals surface area contributed by atoms with E-state index < -0.39 is 0 Å². The average Bonchev–Trinajstić information content (AvgIpc) is 1.21. The van der Waals surface area contributed by atoms with Gasteiger partial charge in [0.2, 0.25) is 0 Å². The Hall–Kier alpha value is 87.1. The number of hydrogen-bond donors (Lipinski definition) is 0. The van der Waals surface area contributed by atoms with Crippen LogP contribution >= 0.6 is 9.24 Å². The maximum absolute atomic E-state index is 10.2. The molecule has 0 aromatic carbocycles. The van der Waals surface area contributed by atoms with Gasteiger partial charge in [0.25, 0.3) is 0 Å². The predicted molar refractivity (Wildman–Crippen MR) is 35.9 cm³/mol. The van der Waals surface area contributed by atoms with Gasteiger partial charge in [-0.15, -0.1) is 0 Å². The van der Waals surface area contributed by atoms with Crippen molar-refractivity contribution in [2.24, 2.45) is 0 Å². The number of rotatable bonds is 0. The summed E-state index contributed by atoms with van der Waals surface area (Å²) in [7, 11) is 1.96. The number of carbonyl (C=O) groups is 1. The molecule has 0 saturated carbocycles. The molecule has 0 aliphatic carbocycles. The molecule has 87 heavy (non-hydrogen) atoms. The maximum Gasteiger partial charge on any atom is 0.320 e. The first-order valence-electron chi connectivity index (χ1n) is 2.40. The number of hydrogen-bond acceptors (Lipinski definition) is 2. The molecule has 285 valence electrons. The molecule has 0 aromatic rings. The number of carbonyl (C=O) groups excluding carboxylic acids is 1. The molecule has 0 fully saturated rings.